The van der Waals surface area contributed by atoms with E-state index in [1.807, 2.05) is 48.5 Å². The molecule has 6 nitrogen and oxygen atoms in total. The zero-order valence-corrected chi connectivity index (χ0v) is 14.9. The van der Waals surface area contributed by atoms with Gasteiger partial charge in [-0.05, 0) is 23.3 Å². The molecule has 0 N–H and O–H groups in total. The Bertz CT molecular complexity index is 873. The molecular formula is C21H19N3O3. The van der Waals surface area contributed by atoms with Crippen LogP contribution in [0.4, 0.5) is 5.69 Å². The molecule has 3 rings (SSSR count). The minimum Gasteiger partial charge on any atom is -0.333 e. The van der Waals surface area contributed by atoms with Crippen LogP contribution in [-0.2, 0) is 11.2 Å². The third-order valence-electron chi connectivity index (χ3n) is 4.37. The molecule has 1 atom stereocenters. The van der Waals surface area contributed by atoms with Crippen molar-refractivity contribution >= 4 is 11.6 Å². The Morgan fingerprint density at radius 1 is 1.04 bits per heavy atom. The molecule has 1 amide bonds. The average molecular weight is 361 g/mol. The van der Waals surface area contributed by atoms with E-state index in [0.29, 0.717) is 0 Å². The molecule has 0 bridgehead atoms. The number of amides is 1. The number of non-ortho nitro benzene ring substituents is 1. The zero-order valence-electron chi connectivity index (χ0n) is 14.9. The molecule has 2 aromatic carbocycles. The van der Waals surface area contributed by atoms with Crippen molar-refractivity contribution in [2.24, 2.45) is 0 Å². The van der Waals surface area contributed by atoms with Crippen molar-refractivity contribution in [2.75, 3.05) is 7.05 Å². The number of carbonyl (C=O) groups excluding carboxylic acids is 1. The predicted octanol–water partition coefficient (Wildman–Crippen LogP) is 3.78. The van der Waals surface area contributed by atoms with Crippen LogP contribution < -0.4 is 0 Å². The van der Waals surface area contributed by atoms with Crippen LogP contribution in [0.1, 0.15) is 22.9 Å². The number of aromatic nitrogens is 1. The highest BCUT2D eigenvalue weighted by Crippen LogP contribution is 2.26. The molecule has 27 heavy (non-hydrogen) atoms. The summed E-state index contributed by atoms with van der Waals surface area (Å²) in [6.07, 6.45) is 1.87. The summed E-state index contributed by atoms with van der Waals surface area (Å²) in [6.45, 7) is 0. The highest BCUT2D eigenvalue weighted by Gasteiger charge is 2.24. The minimum atomic E-state index is -0.454. The van der Waals surface area contributed by atoms with Gasteiger partial charge in [-0.15, -0.1) is 0 Å². The average Bonchev–Trinajstić information content (AvgIpc) is 2.70. The first kappa shape index (κ1) is 18.3. The van der Waals surface area contributed by atoms with E-state index in [4.69, 9.17) is 0 Å². The van der Waals surface area contributed by atoms with E-state index < -0.39 is 4.92 Å². The zero-order chi connectivity index (χ0) is 19.2. The molecule has 1 unspecified atom stereocenters. The highest BCUT2D eigenvalue weighted by atomic mass is 16.6. The van der Waals surface area contributed by atoms with Gasteiger partial charge in [0.05, 0.1) is 23.1 Å². The molecule has 0 radical (unpaired) electrons. The third kappa shape index (κ3) is 4.36. The van der Waals surface area contributed by atoms with Crippen molar-refractivity contribution in [3.8, 4) is 0 Å². The summed E-state index contributed by atoms with van der Waals surface area (Å²) in [5, 5.41) is 10.8. The maximum absolute atomic E-state index is 12.9. The first-order valence-corrected chi connectivity index (χ1v) is 8.51. The number of hydrogen-bond donors (Lipinski definition) is 0. The van der Waals surface area contributed by atoms with Gasteiger partial charge in [-0.3, -0.25) is 19.9 Å². The number of hydrogen-bond acceptors (Lipinski definition) is 4. The lowest BCUT2D eigenvalue weighted by atomic mass is 10.0. The summed E-state index contributed by atoms with van der Waals surface area (Å²) in [5.41, 5.74) is 2.49. The number of likely N-dealkylation sites (N-methyl/N-ethyl adjacent to an activating group) is 1. The van der Waals surface area contributed by atoms with E-state index >= 15 is 0 Å². The molecule has 1 aromatic heterocycles. The smallest absolute Gasteiger partial charge is 0.269 e. The molecule has 0 aliphatic carbocycles. The fourth-order valence-electron chi connectivity index (χ4n) is 2.94. The second kappa shape index (κ2) is 8.23. The molecular weight excluding hydrogens is 342 g/mol. The Morgan fingerprint density at radius 2 is 1.70 bits per heavy atom. The number of carbonyl (C=O) groups is 1. The van der Waals surface area contributed by atoms with Crippen LogP contribution >= 0.6 is 0 Å². The van der Waals surface area contributed by atoms with Gasteiger partial charge >= 0.3 is 0 Å². The van der Waals surface area contributed by atoms with Gasteiger partial charge in [0.2, 0.25) is 5.91 Å². The number of benzene rings is 2. The molecule has 0 aliphatic rings. The van der Waals surface area contributed by atoms with Crippen LogP contribution in [0.2, 0.25) is 0 Å². The highest BCUT2D eigenvalue weighted by molar-refractivity contribution is 5.79. The summed E-state index contributed by atoms with van der Waals surface area (Å²) in [6, 6.07) is 21.1. The number of nitrogens with zero attached hydrogens (tertiary/aromatic N) is 3. The van der Waals surface area contributed by atoms with Gasteiger partial charge in [0.25, 0.3) is 5.69 Å². The molecule has 0 saturated carbocycles. The molecule has 136 valence electrons. The molecule has 0 spiro atoms. The third-order valence-corrected chi connectivity index (χ3v) is 4.37. The largest absolute Gasteiger partial charge is 0.333 e. The lowest BCUT2D eigenvalue weighted by molar-refractivity contribution is -0.384. The molecule has 0 aliphatic heterocycles. The Balaban J connectivity index is 1.84. The summed E-state index contributed by atoms with van der Waals surface area (Å²) in [5.74, 6) is -0.0941. The maximum atomic E-state index is 12.9. The number of rotatable bonds is 6. The van der Waals surface area contributed by atoms with Crippen LogP contribution in [0.5, 0.6) is 0 Å². The van der Waals surface area contributed by atoms with Crippen LogP contribution in [0.15, 0.2) is 79.0 Å². The summed E-state index contributed by atoms with van der Waals surface area (Å²) >= 11 is 0. The van der Waals surface area contributed by atoms with Gasteiger partial charge in [0, 0.05) is 25.4 Å². The summed E-state index contributed by atoms with van der Waals surface area (Å²) < 4.78 is 0. The van der Waals surface area contributed by atoms with Crippen LogP contribution in [0.25, 0.3) is 0 Å². The SMILES string of the molecule is CN(C(=O)Cc1ccc([N+](=O)[O-])cc1)C(c1ccccc1)c1ccccn1. The van der Waals surface area contributed by atoms with Crippen molar-refractivity contribution < 1.29 is 9.72 Å². The van der Waals surface area contributed by atoms with Gasteiger partial charge in [0.1, 0.15) is 0 Å². The van der Waals surface area contributed by atoms with Crippen LogP contribution in [-0.4, -0.2) is 27.8 Å². The lowest BCUT2D eigenvalue weighted by Gasteiger charge is -2.28. The van der Waals surface area contributed by atoms with E-state index in [1.54, 1.807) is 30.3 Å². The van der Waals surface area contributed by atoms with E-state index in [-0.39, 0.29) is 24.1 Å². The molecule has 1 heterocycles. The number of pyridine rings is 1. The van der Waals surface area contributed by atoms with E-state index in [2.05, 4.69) is 4.98 Å². The minimum absolute atomic E-state index is 0.00945. The van der Waals surface area contributed by atoms with Crippen molar-refractivity contribution in [3.63, 3.8) is 0 Å². The van der Waals surface area contributed by atoms with Gasteiger partial charge < -0.3 is 4.90 Å². The fraction of sp³-hybridized carbons (Fsp3) is 0.143. The lowest BCUT2D eigenvalue weighted by Crippen LogP contribution is -2.33. The first-order chi connectivity index (χ1) is 13.1. The summed E-state index contributed by atoms with van der Waals surface area (Å²) in [7, 11) is 1.75. The number of nitro groups is 1. The Hall–Kier alpha value is -3.54. The topological polar surface area (TPSA) is 76.3 Å². The molecule has 6 heteroatoms. The summed E-state index contributed by atoms with van der Waals surface area (Å²) in [4.78, 5) is 29.3. The molecule has 0 saturated heterocycles. The standard InChI is InChI=1S/C21H19N3O3/c1-23(20(25)15-16-10-12-18(13-11-16)24(26)27)21(17-7-3-2-4-8-17)19-9-5-6-14-22-19/h2-14,21H,15H2,1H3. The normalized spacial score (nSPS) is 11.6. The quantitative estimate of drug-likeness (QED) is 0.494. The Morgan fingerprint density at radius 3 is 2.30 bits per heavy atom. The van der Waals surface area contributed by atoms with Gasteiger partial charge in [0.15, 0.2) is 0 Å². The Kier molecular flexibility index (Phi) is 5.56. The second-order valence-electron chi connectivity index (χ2n) is 6.17. The first-order valence-electron chi connectivity index (χ1n) is 8.51. The maximum Gasteiger partial charge on any atom is 0.269 e. The van der Waals surface area contributed by atoms with E-state index in [0.717, 1.165) is 16.8 Å². The van der Waals surface area contributed by atoms with Crippen molar-refractivity contribution in [3.05, 3.63) is 106 Å². The fourth-order valence-corrected chi connectivity index (χ4v) is 2.94. The van der Waals surface area contributed by atoms with Crippen molar-refractivity contribution in [2.45, 2.75) is 12.5 Å². The number of nitro benzene ring substituents is 1. The van der Waals surface area contributed by atoms with E-state index in [1.165, 1.54) is 12.1 Å². The molecule has 0 fully saturated rings. The van der Waals surface area contributed by atoms with Crippen molar-refractivity contribution in [1.82, 2.24) is 9.88 Å². The second-order valence-corrected chi connectivity index (χ2v) is 6.17. The monoisotopic (exact) mass is 361 g/mol. The van der Waals surface area contributed by atoms with Crippen LogP contribution in [0.3, 0.4) is 0 Å². The van der Waals surface area contributed by atoms with Gasteiger partial charge in [-0.2, -0.15) is 0 Å². The predicted molar refractivity (Wildman–Crippen MR) is 102 cm³/mol. The molecule has 3 aromatic rings. The van der Waals surface area contributed by atoms with Gasteiger partial charge in [-0.1, -0.05) is 48.5 Å². The van der Waals surface area contributed by atoms with Gasteiger partial charge in [-0.25, -0.2) is 0 Å². The Labute approximate surface area is 157 Å². The van der Waals surface area contributed by atoms with Crippen LogP contribution in [0, 0.1) is 10.1 Å². The van der Waals surface area contributed by atoms with E-state index in [9.17, 15) is 14.9 Å². The van der Waals surface area contributed by atoms with Crippen molar-refractivity contribution in [1.29, 1.82) is 0 Å².